The first-order chi connectivity index (χ1) is 12.7. The molecule has 0 amide bonds. The van der Waals surface area contributed by atoms with Gasteiger partial charge < -0.3 is 9.64 Å². The standard InChI is InChI=1S/C19H16F2N4O/c1-26-17-9-13(8-14(20)18(17)21)25-7-5-15-12(11-25)10-23-19(24-15)16-4-2-3-6-22-16/h2-4,6,8-10H,5,7,11H2,1H3. The van der Waals surface area contributed by atoms with Crippen LogP contribution in [0.15, 0.2) is 42.7 Å². The number of fused-ring (bicyclic) bond motifs is 1. The molecule has 0 saturated carbocycles. The second kappa shape index (κ2) is 6.67. The van der Waals surface area contributed by atoms with Gasteiger partial charge in [-0.1, -0.05) is 6.07 Å². The highest BCUT2D eigenvalue weighted by molar-refractivity contribution is 5.54. The molecule has 0 fully saturated rings. The molecule has 0 unspecified atom stereocenters. The summed E-state index contributed by atoms with van der Waals surface area (Å²) < 4.78 is 32.4. The van der Waals surface area contributed by atoms with E-state index < -0.39 is 11.6 Å². The first-order valence-electron chi connectivity index (χ1n) is 8.20. The average molecular weight is 354 g/mol. The summed E-state index contributed by atoms with van der Waals surface area (Å²) in [6.07, 6.45) is 4.16. The second-order valence-corrected chi connectivity index (χ2v) is 6.00. The number of pyridine rings is 1. The van der Waals surface area contributed by atoms with Crippen molar-refractivity contribution in [3.8, 4) is 17.3 Å². The third-order valence-corrected chi connectivity index (χ3v) is 4.39. The van der Waals surface area contributed by atoms with E-state index in [1.807, 2.05) is 23.1 Å². The zero-order chi connectivity index (χ0) is 18.1. The molecule has 5 nitrogen and oxygen atoms in total. The molecule has 3 heterocycles. The van der Waals surface area contributed by atoms with E-state index in [0.29, 0.717) is 31.0 Å². The summed E-state index contributed by atoms with van der Waals surface area (Å²) in [6, 6.07) is 8.29. The smallest absolute Gasteiger partial charge is 0.200 e. The van der Waals surface area contributed by atoms with Gasteiger partial charge in [0.05, 0.1) is 12.8 Å². The number of benzene rings is 1. The Balaban J connectivity index is 1.62. The topological polar surface area (TPSA) is 51.1 Å². The summed E-state index contributed by atoms with van der Waals surface area (Å²) in [5.74, 6) is -1.41. The molecule has 1 aliphatic rings. The van der Waals surface area contributed by atoms with Crippen LogP contribution in [0.5, 0.6) is 5.75 Å². The van der Waals surface area contributed by atoms with Crippen molar-refractivity contribution >= 4 is 5.69 Å². The molecule has 26 heavy (non-hydrogen) atoms. The van der Waals surface area contributed by atoms with Gasteiger partial charge in [-0.05, 0) is 12.1 Å². The van der Waals surface area contributed by atoms with Crippen LogP contribution in [0.4, 0.5) is 14.5 Å². The Bertz CT molecular complexity index is 950. The lowest BCUT2D eigenvalue weighted by Crippen LogP contribution is -2.31. The minimum absolute atomic E-state index is 0.104. The van der Waals surface area contributed by atoms with Crippen molar-refractivity contribution in [1.29, 1.82) is 0 Å². The Labute approximate surface area is 149 Å². The lowest BCUT2D eigenvalue weighted by molar-refractivity contribution is 0.372. The van der Waals surface area contributed by atoms with Crippen molar-refractivity contribution in [2.24, 2.45) is 0 Å². The molecule has 1 aromatic carbocycles. The Morgan fingerprint density at radius 2 is 2.04 bits per heavy atom. The van der Waals surface area contributed by atoms with Gasteiger partial charge >= 0.3 is 0 Å². The number of nitrogens with zero attached hydrogens (tertiary/aromatic N) is 4. The summed E-state index contributed by atoms with van der Waals surface area (Å²) in [4.78, 5) is 15.2. The van der Waals surface area contributed by atoms with Crippen LogP contribution >= 0.6 is 0 Å². The minimum Gasteiger partial charge on any atom is -0.493 e. The number of hydrogen-bond acceptors (Lipinski definition) is 5. The van der Waals surface area contributed by atoms with Crippen LogP contribution in [0, 0.1) is 11.6 Å². The van der Waals surface area contributed by atoms with Crippen LogP contribution in [-0.4, -0.2) is 28.6 Å². The zero-order valence-electron chi connectivity index (χ0n) is 14.1. The molecule has 0 N–H and O–H groups in total. The van der Waals surface area contributed by atoms with Gasteiger partial charge in [-0.25, -0.2) is 14.4 Å². The number of ether oxygens (including phenoxy) is 1. The maximum absolute atomic E-state index is 13.8. The first-order valence-corrected chi connectivity index (χ1v) is 8.20. The number of rotatable bonds is 3. The van der Waals surface area contributed by atoms with E-state index in [1.165, 1.54) is 19.2 Å². The number of anilines is 1. The number of hydrogen-bond donors (Lipinski definition) is 0. The Morgan fingerprint density at radius 1 is 1.15 bits per heavy atom. The van der Waals surface area contributed by atoms with E-state index in [9.17, 15) is 8.78 Å². The monoisotopic (exact) mass is 354 g/mol. The van der Waals surface area contributed by atoms with E-state index in [-0.39, 0.29) is 5.75 Å². The SMILES string of the molecule is COc1cc(N2CCc3nc(-c4ccccn4)ncc3C2)cc(F)c1F. The molecule has 1 aliphatic heterocycles. The van der Waals surface area contributed by atoms with Crippen LogP contribution in [0.1, 0.15) is 11.3 Å². The van der Waals surface area contributed by atoms with Crippen molar-refractivity contribution < 1.29 is 13.5 Å². The molecule has 2 aromatic heterocycles. The molecule has 0 atom stereocenters. The Kier molecular flexibility index (Phi) is 4.20. The molecule has 0 spiro atoms. The molecule has 132 valence electrons. The summed E-state index contributed by atoms with van der Waals surface area (Å²) in [6.45, 7) is 1.16. The zero-order valence-corrected chi connectivity index (χ0v) is 14.1. The third-order valence-electron chi connectivity index (χ3n) is 4.39. The van der Waals surface area contributed by atoms with Crippen LogP contribution in [0.2, 0.25) is 0 Å². The van der Waals surface area contributed by atoms with E-state index in [1.54, 1.807) is 12.4 Å². The number of aromatic nitrogens is 3. The lowest BCUT2D eigenvalue weighted by Gasteiger charge is -2.30. The van der Waals surface area contributed by atoms with Crippen LogP contribution in [0.25, 0.3) is 11.5 Å². The summed E-state index contributed by atoms with van der Waals surface area (Å²) in [5.41, 5.74) is 3.20. The largest absolute Gasteiger partial charge is 0.493 e. The van der Waals surface area contributed by atoms with E-state index in [0.717, 1.165) is 17.0 Å². The first kappa shape index (κ1) is 16.4. The molecule has 4 rings (SSSR count). The van der Waals surface area contributed by atoms with Gasteiger partial charge in [0, 0.05) is 55.3 Å². The van der Waals surface area contributed by atoms with Crippen molar-refractivity contribution in [3.63, 3.8) is 0 Å². The predicted molar refractivity (Wildman–Crippen MR) is 92.9 cm³/mol. The molecule has 0 bridgehead atoms. The van der Waals surface area contributed by atoms with Gasteiger partial charge in [0.2, 0.25) is 5.82 Å². The molecule has 0 aliphatic carbocycles. The van der Waals surface area contributed by atoms with Gasteiger partial charge in [0.1, 0.15) is 5.69 Å². The predicted octanol–water partition coefficient (Wildman–Crippen LogP) is 3.39. The normalized spacial score (nSPS) is 13.4. The molecular weight excluding hydrogens is 338 g/mol. The molecule has 7 heteroatoms. The van der Waals surface area contributed by atoms with Crippen LogP contribution in [0.3, 0.4) is 0 Å². The maximum Gasteiger partial charge on any atom is 0.200 e. The average Bonchev–Trinajstić information content (AvgIpc) is 2.69. The molecule has 3 aromatic rings. The van der Waals surface area contributed by atoms with Gasteiger partial charge in [-0.15, -0.1) is 0 Å². The molecule has 0 radical (unpaired) electrons. The van der Waals surface area contributed by atoms with E-state index in [2.05, 4.69) is 15.0 Å². The maximum atomic E-state index is 13.8. The van der Waals surface area contributed by atoms with Gasteiger partial charge in [0.15, 0.2) is 17.4 Å². The van der Waals surface area contributed by atoms with Gasteiger partial charge in [-0.3, -0.25) is 4.98 Å². The fraction of sp³-hybridized carbons (Fsp3) is 0.211. The summed E-state index contributed by atoms with van der Waals surface area (Å²) in [5, 5.41) is 0. The van der Waals surface area contributed by atoms with Crippen LogP contribution < -0.4 is 9.64 Å². The van der Waals surface area contributed by atoms with Gasteiger partial charge in [-0.2, -0.15) is 4.39 Å². The second-order valence-electron chi connectivity index (χ2n) is 6.00. The highest BCUT2D eigenvalue weighted by Gasteiger charge is 2.22. The highest BCUT2D eigenvalue weighted by Crippen LogP contribution is 2.30. The third kappa shape index (κ3) is 2.96. The fourth-order valence-electron chi connectivity index (χ4n) is 3.04. The van der Waals surface area contributed by atoms with Gasteiger partial charge in [0.25, 0.3) is 0 Å². The number of halogens is 2. The van der Waals surface area contributed by atoms with Crippen molar-refractivity contribution in [2.45, 2.75) is 13.0 Å². The minimum atomic E-state index is -0.975. The number of methoxy groups -OCH3 is 1. The van der Waals surface area contributed by atoms with Crippen molar-refractivity contribution in [1.82, 2.24) is 15.0 Å². The quantitative estimate of drug-likeness (QED) is 0.722. The summed E-state index contributed by atoms with van der Waals surface area (Å²) >= 11 is 0. The molecular formula is C19H16F2N4O. The highest BCUT2D eigenvalue weighted by atomic mass is 19.2. The fourth-order valence-corrected chi connectivity index (χ4v) is 3.04. The Hall–Kier alpha value is -3.09. The lowest BCUT2D eigenvalue weighted by atomic mass is 10.1. The van der Waals surface area contributed by atoms with Crippen molar-refractivity contribution in [3.05, 3.63) is 65.6 Å². The van der Waals surface area contributed by atoms with E-state index >= 15 is 0 Å². The van der Waals surface area contributed by atoms with Crippen molar-refractivity contribution in [2.75, 3.05) is 18.6 Å². The molecule has 0 saturated heterocycles. The van der Waals surface area contributed by atoms with E-state index in [4.69, 9.17) is 4.74 Å². The van der Waals surface area contributed by atoms with Crippen LogP contribution in [-0.2, 0) is 13.0 Å². The summed E-state index contributed by atoms with van der Waals surface area (Å²) in [7, 11) is 1.32. The Morgan fingerprint density at radius 3 is 2.81 bits per heavy atom.